The van der Waals surface area contributed by atoms with Crippen LogP contribution in [0.3, 0.4) is 0 Å². The molecule has 0 atom stereocenters. The van der Waals surface area contributed by atoms with Crippen LogP contribution in [0, 0.1) is 5.82 Å². The van der Waals surface area contributed by atoms with Crippen LogP contribution in [0.4, 0.5) is 4.39 Å². The zero-order valence-corrected chi connectivity index (χ0v) is 12.4. The quantitative estimate of drug-likeness (QED) is 0.403. The number of hydrogen-bond acceptors (Lipinski definition) is 3. The summed E-state index contributed by atoms with van der Waals surface area (Å²) < 4.78 is 19.6. The highest BCUT2D eigenvalue weighted by Crippen LogP contribution is 2.19. The average molecular weight is 279 g/mol. The normalized spacial score (nSPS) is 11.3. The van der Waals surface area contributed by atoms with Crippen molar-refractivity contribution in [3.05, 3.63) is 41.7 Å². The summed E-state index contributed by atoms with van der Waals surface area (Å²) in [6.45, 7) is 10.5. The minimum Gasteiger partial charge on any atom is -0.489 e. The summed E-state index contributed by atoms with van der Waals surface area (Å²) >= 11 is 0. The van der Waals surface area contributed by atoms with Crippen molar-refractivity contribution in [2.24, 2.45) is 5.16 Å². The molecule has 0 radical (unpaired) electrons. The van der Waals surface area contributed by atoms with Gasteiger partial charge in [-0.3, -0.25) is 0 Å². The number of halogens is 1. The first-order chi connectivity index (χ1) is 9.62. The van der Waals surface area contributed by atoms with E-state index in [-0.39, 0.29) is 5.82 Å². The van der Waals surface area contributed by atoms with E-state index in [1.165, 1.54) is 6.07 Å². The van der Waals surface area contributed by atoms with Crippen LogP contribution in [0.25, 0.3) is 0 Å². The van der Waals surface area contributed by atoms with Gasteiger partial charge in [0.1, 0.15) is 24.8 Å². The van der Waals surface area contributed by atoms with Crippen molar-refractivity contribution >= 4 is 5.71 Å². The van der Waals surface area contributed by atoms with E-state index in [1.54, 1.807) is 12.1 Å². The van der Waals surface area contributed by atoms with Crippen LogP contribution >= 0.6 is 0 Å². The molecule has 0 aliphatic rings. The molecule has 0 aliphatic heterocycles. The molecule has 0 bridgehead atoms. The molecule has 1 rings (SSSR count). The number of hydrogen-bond donors (Lipinski definition) is 0. The molecule has 0 aliphatic carbocycles. The Morgan fingerprint density at radius 3 is 2.55 bits per heavy atom. The van der Waals surface area contributed by atoms with E-state index in [9.17, 15) is 4.39 Å². The van der Waals surface area contributed by atoms with Gasteiger partial charge >= 0.3 is 0 Å². The molecule has 20 heavy (non-hydrogen) atoms. The second kappa shape index (κ2) is 8.35. The Morgan fingerprint density at radius 1 is 1.25 bits per heavy atom. The van der Waals surface area contributed by atoms with Crippen molar-refractivity contribution in [2.75, 3.05) is 13.2 Å². The van der Waals surface area contributed by atoms with Gasteiger partial charge in [0.2, 0.25) is 0 Å². The van der Waals surface area contributed by atoms with Crippen LogP contribution in [0.15, 0.2) is 35.5 Å². The molecule has 3 nitrogen and oxygen atoms in total. The van der Waals surface area contributed by atoms with Crippen LogP contribution in [0.2, 0.25) is 0 Å². The second-order valence-corrected chi connectivity index (χ2v) is 4.34. The minimum absolute atomic E-state index is 0.357. The number of ether oxygens (including phenoxy) is 1. The van der Waals surface area contributed by atoms with Gasteiger partial charge in [-0.15, -0.1) is 0 Å². The molecule has 0 heterocycles. The van der Waals surface area contributed by atoms with Gasteiger partial charge in [0.05, 0.1) is 5.71 Å². The summed E-state index contributed by atoms with van der Waals surface area (Å²) in [4.78, 5) is 5.00. The molecule has 0 saturated heterocycles. The third kappa shape index (κ3) is 4.68. The smallest absolute Gasteiger partial charge is 0.136 e. The van der Waals surface area contributed by atoms with Crippen molar-refractivity contribution < 1.29 is 14.0 Å². The fraction of sp³-hybridized carbons (Fsp3) is 0.438. The molecule has 110 valence electrons. The highest BCUT2D eigenvalue weighted by molar-refractivity contribution is 6.00. The van der Waals surface area contributed by atoms with Crippen molar-refractivity contribution in [1.82, 2.24) is 0 Å². The lowest BCUT2D eigenvalue weighted by Gasteiger charge is -2.10. The van der Waals surface area contributed by atoms with E-state index in [0.717, 1.165) is 12.0 Å². The first kappa shape index (κ1) is 16.2. The first-order valence-corrected chi connectivity index (χ1v) is 6.90. The number of benzene rings is 1. The Morgan fingerprint density at radius 2 is 2.00 bits per heavy atom. The summed E-state index contributed by atoms with van der Waals surface area (Å²) in [6.07, 6.45) is 1.45. The van der Waals surface area contributed by atoms with Gasteiger partial charge in [0.25, 0.3) is 0 Å². The van der Waals surface area contributed by atoms with Gasteiger partial charge in [-0.1, -0.05) is 25.6 Å². The molecule has 0 spiro atoms. The predicted octanol–water partition coefficient (Wildman–Crippen LogP) is 4.32. The average Bonchev–Trinajstić information content (AvgIpc) is 2.46. The van der Waals surface area contributed by atoms with E-state index in [4.69, 9.17) is 9.57 Å². The van der Waals surface area contributed by atoms with Crippen molar-refractivity contribution in [3.63, 3.8) is 0 Å². The molecule has 0 amide bonds. The van der Waals surface area contributed by atoms with Crippen LogP contribution in [-0.2, 0) is 4.84 Å². The number of rotatable bonds is 8. The lowest BCUT2D eigenvalue weighted by molar-refractivity contribution is 0.158. The Kier molecular flexibility index (Phi) is 6.77. The molecule has 4 heteroatoms. The topological polar surface area (TPSA) is 30.8 Å². The molecule has 0 aromatic heterocycles. The highest BCUT2D eigenvalue weighted by atomic mass is 19.1. The molecular weight excluding hydrogens is 257 g/mol. The molecule has 1 aromatic carbocycles. The second-order valence-electron chi connectivity index (χ2n) is 4.34. The maximum Gasteiger partial charge on any atom is 0.136 e. The lowest BCUT2D eigenvalue weighted by Crippen LogP contribution is -2.05. The predicted molar refractivity (Wildman–Crippen MR) is 79.8 cm³/mol. The van der Waals surface area contributed by atoms with Gasteiger partial charge in [-0.25, -0.2) is 4.39 Å². The summed E-state index contributed by atoms with van der Waals surface area (Å²) in [5.41, 5.74) is 2.01. The largest absolute Gasteiger partial charge is 0.489 e. The molecule has 1 aromatic rings. The van der Waals surface area contributed by atoms with E-state index in [2.05, 4.69) is 11.7 Å². The fourth-order valence-electron chi connectivity index (χ4n) is 1.55. The third-order valence-electron chi connectivity index (χ3n) is 2.83. The summed E-state index contributed by atoms with van der Waals surface area (Å²) in [5.74, 6) is 0.137. The summed E-state index contributed by atoms with van der Waals surface area (Å²) in [6, 6.07) is 4.77. The van der Waals surface area contributed by atoms with E-state index < -0.39 is 0 Å². The number of oxime groups is 1. The number of nitrogens with zero attached hydrogens (tertiary/aromatic N) is 1. The van der Waals surface area contributed by atoms with E-state index in [0.29, 0.717) is 36.7 Å². The maximum absolute atomic E-state index is 14.1. The van der Waals surface area contributed by atoms with Crippen molar-refractivity contribution in [2.45, 2.75) is 33.6 Å². The monoisotopic (exact) mass is 279 g/mol. The molecule has 0 saturated carbocycles. The van der Waals surface area contributed by atoms with Gasteiger partial charge in [0, 0.05) is 11.6 Å². The molecule has 0 fully saturated rings. The van der Waals surface area contributed by atoms with Crippen LogP contribution in [-0.4, -0.2) is 18.9 Å². The molecule has 0 N–H and O–H groups in total. The molecule has 0 unspecified atom stereocenters. The fourth-order valence-corrected chi connectivity index (χ4v) is 1.55. The van der Waals surface area contributed by atoms with Crippen LogP contribution < -0.4 is 4.74 Å². The Hall–Kier alpha value is -1.84. The zero-order chi connectivity index (χ0) is 15.0. The van der Waals surface area contributed by atoms with Crippen molar-refractivity contribution in [1.29, 1.82) is 0 Å². The maximum atomic E-state index is 14.1. The van der Waals surface area contributed by atoms with Gasteiger partial charge in [-0.05, 0) is 37.5 Å². The Labute approximate surface area is 120 Å². The van der Waals surface area contributed by atoms with Crippen LogP contribution in [0.5, 0.6) is 5.75 Å². The van der Waals surface area contributed by atoms with Crippen LogP contribution in [0.1, 0.15) is 39.2 Å². The summed E-state index contributed by atoms with van der Waals surface area (Å²) in [5, 5.41) is 3.93. The third-order valence-corrected chi connectivity index (χ3v) is 2.83. The van der Waals surface area contributed by atoms with E-state index >= 15 is 0 Å². The highest BCUT2D eigenvalue weighted by Gasteiger charge is 2.10. The first-order valence-electron chi connectivity index (χ1n) is 6.90. The Bertz CT molecular complexity index is 483. The van der Waals surface area contributed by atoms with E-state index in [1.807, 2.05) is 20.8 Å². The lowest BCUT2D eigenvalue weighted by atomic mass is 10.1. The minimum atomic E-state index is -0.357. The SMILES string of the molecule is C=C(CC)COc1ccc(C(CC)=NOCC)c(F)c1. The van der Waals surface area contributed by atoms with Gasteiger partial charge in [-0.2, -0.15) is 0 Å². The Balaban J connectivity index is 2.84. The molecular formula is C16H22FNO2. The van der Waals surface area contributed by atoms with Gasteiger partial charge in [0.15, 0.2) is 0 Å². The standard InChI is InChI=1S/C16H22FNO2/c1-5-12(4)11-19-13-8-9-14(15(17)10-13)16(6-2)18-20-7-3/h8-10H,4-7,11H2,1-3H3. The zero-order valence-electron chi connectivity index (χ0n) is 12.4. The van der Waals surface area contributed by atoms with Gasteiger partial charge < -0.3 is 9.57 Å². The van der Waals surface area contributed by atoms with Crippen molar-refractivity contribution in [3.8, 4) is 5.75 Å². The summed E-state index contributed by atoms with van der Waals surface area (Å²) in [7, 11) is 0.